The molecule has 0 aromatic carbocycles. The molecule has 0 aliphatic heterocycles. The van der Waals surface area contributed by atoms with E-state index in [1.54, 1.807) is 12.4 Å². The lowest BCUT2D eigenvalue weighted by molar-refractivity contribution is -0.129. The van der Waals surface area contributed by atoms with Crippen LogP contribution in [0.15, 0.2) is 0 Å². The zero-order valence-electron chi connectivity index (χ0n) is 14.9. The molecule has 6 heteroatoms. The standard InChI is InChI=1S/C18H33NO5/c1-12(13(2)20)9-10-15-14(16(21)11-17(15)22)7-5-3-4-6-8-18(23)19-24/h12,14-17,21-22,24H,3-11H2,1-2H3,(H,19,23)/t12?,14-,15-,16+,17-/m1/s1. The molecule has 0 saturated heterocycles. The summed E-state index contributed by atoms with van der Waals surface area (Å²) < 4.78 is 0. The number of unbranched alkanes of at least 4 members (excludes halogenated alkanes) is 3. The van der Waals surface area contributed by atoms with Crippen molar-refractivity contribution in [2.45, 2.75) is 83.8 Å². The lowest BCUT2D eigenvalue weighted by atomic mass is 9.83. The fourth-order valence-corrected chi connectivity index (χ4v) is 3.70. The first-order valence-corrected chi connectivity index (χ1v) is 9.16. The Morgan fingerprint density at radius 3 is 2.21 bits per heavy atom. The zero-order valence-corrected chi connectivity index (χ0v) is 14.9. The largest absolute Gasteiger partial charge is 0.393 e. The molecule has 1 aliphatic rings. The van der Waals surface area contributed by atoms with Crippen LogP contribution in [-0.2, 0) is 9.59 Å². The van der Waals surface area contributed by atoms with Crippen LogP contribution >= 0.6 is 0 Å². The van der Waals surface area contributed by atoms with Crippen LogP contribution in [0.3, 0.4) is 0 Å². The second-order valence-corrected chi connectivity index (χ2v) is 7.28. The number of hydrogen-bond acceptors (Lipinski definition) is 5. The third-order valence-corrected chi connectivity index (χ3v) is 5.46. The molecule has 0 heterocycles. The first-order valence-electron chi connectivity index (χ1n) is 9.16. The van der Waals surface area contributed by atoms with E-state index in [9.17, 15) is 19.8 Å². The monoisotopic (exact) mass is 343 g/mol. The summed E-state index contributed by atoms with van der Waals surface area (Å²) in [5.41, 5.74) is 1.62. The topological polar surface area (TPSA) is 107 Å². The number of ketones is 1. The normalized spacial score (nSPS) is 27.9. The summed E-state index contributed by atoms with van der Waals surface area (Å²) in [7, 11) is 0. The van der Waals surface area contributed by atoms with E-state index >= 15 is 0 Å². The third-order valence-electron chi connectivity index (χ3n) is 5.46. The van der Waals surface area contributed by atoms with Gasteiger partial charge in [-0.1, -0.05) is 26.2 Å². The van der Waals surface area contributed by atoms with Crippen LogP contribution < -0.4 is 5.48 Å². The fourth-order valence-electron chi connectivity index (χ4n) is 3.70. The van der Waals surface area contributed by atoms with E-state index in [-0.39, 0.29) is 29.4 Å². The van der Waals surface area contributed by atoms with E-state index in [0.29, 0.717) is 12.8 Å². The molecular weight excluding hydrogens is 310 g/mol. The maximum atomic E-state index is 11.4. The molecule has 1 fully saturated rings. The minimum Gasteiger partial charge on any atom is -0.393 e. The van der Waals surface area contributed by atoms with Crippen molar-refractivity contribution in [3.63, 3.8) is 0 Å². The zero-order chi connectivity index (χ0) is 18.1. The molecule has 0 bridgehead atoms. The van der Waals surface area contributed by atoms with Gasteiger partial charge in [0, 0.05) is 12.3 Å². The van der Waals surface area contributed by atoms with Gasteiger partial charge in [0.1, 0.15) is 5.78 Å². The molecule has 5 atom stereocenters. The van der Waals surface area contributed by atoms with Gasteiger partial charge in [-0.2, -0.15) is 0 Å². The van der Waals surface area contributed by atoms with Gasteiger partial charge in [-0.25, -0.2) is 5.48 Å². The number of amides is 1. The number of Topliss-reactive ketones (excluding diaryl/α,β-unsaturated/α-hetero) is 1. The maximum absolute atomic E-state index is 11.4. The summed E-state index contributed by atoms with van der Waals surface area (Å²) in [4.78, 5) is 22.3. The smallest absolute Gasteiger partial charge is 0.243 e. The SMILES string of the molecule is CC(=O)C(C)CC[C@@H]1[C@@H](CCCCCCC(=O)NO)[C@@H](O)C[C@H]1O. The van der Waals surface area contributed by atoms with Gasteiger partial charge in [0.05, 0.1) is 12.2 Å². The number of hydroxylamine groups is 1. The Morgan fingerprint density at radius 1 is 1.04 bits per heavy atom. The summed E-state index contributed by atoms with van der Waals surface area (Å²) in [5.74, 6) is -0.00868. The molecule has 1 amide bonds. The number of nitrogens with one attached hydrogen (secondary N) is 1. The number of carbonyl (C=O) groups excluding carboxylic acids is 2. The second kappa shape index (κ2) is 10.8. The van der Waals surface area contributed by atoms with Crippen molar-refractivity contribution in [2.24, 2.45) is 17.8 Å². The highest BCUT2D eigenvalue weighted by Crippen LogP contribution is 2.39. The number of carbonyl (C=O) groups is 2. The summed E-state index contributed by atoms with van der Waals surface area (Å²) in [6, 6.07) is 0. The molecule has 0 aromatic rings. The van der Waals surface area contributed by atoms with Crippen molar-refractivity contribution in [3.8, 4) is 0 Å². The lowest BCUT2D eigenvalue weighted by Gasteiger charge is -2.24. The minimum absolute atomic E-state index is 0.00765. The summed E-state index contributed by atoms with van der Waals surface area (Å²) in [6.45, 7) is 3.51. The van der Waals surface area contributed by atoms with Crippen LogP contribution in [-0.4, -0.2) is 39.3 Å². The first kappa shape index (κ1) is 21.1. The van der Waals surface area contributed by atoms with Gasteiger partial charge in [0.2, 0.25) is 5.91 Å². The van der Waals surface area contributed by atoms with Crippen molar-refractivity contribution in [3.05, 3.63) is 0 Å². The van der Waals surface area contributed by atoms with Gasteiger partial charge in [0.25, 0.3) is 0 Å². The summed E-state index contributed by atoms with van der Waals surface area (Å²) >= 11 is 0. The number of aliphatic hydroxyl groups excluding tert-OH is 2. The van der Waals surface area contributed by atoms with Crippen LogP contribution in [0.25, 0.3) is 0 Å². The molecule has 0 aromatic heterocycles. The van der Waals surface area contributed by atoms with Gasteiger partial charge in [-0.05, 0) is 50.9 Å². The number of hydrogen-bond donors (Lipinski definition) is 4. The van der Waals surface area contributed by atoms with E-state index in [4.69, 9.17) is 5.21 Å². The van der Waals surface area contributed by atoms with E-state index in [2.05, 4.69) is 0 Å². The predicted octanol–water partition coefficient (Wildman–Crippen LogP) is 2.20. The predicted molar refractivity (Wildman–Crippen MR) is 90.3 cm³/mol. The van der Waals surface area contributed by atoms with Crippen molar-refractivity contribution < 1.29 is 25.0 Å². The molecule has 24 heavy (non-hydrogen) atoms. The van der Waals surface area contributed by atoms with Gasteiger partial charge < -0.3 is 10.2 Å². The Hall–Kier alpha value is -0.980. The minimum atomic E-state index is -0.475. The molecule has 1 unspecified atom stereocenters. The van der Waals surface area contributed by atoms with Gasteiger partial charge in [-0.3, -0.25) is 14.8 Å². The molecule has 1 saturated carbocycles. The van der Waals surface area contributed by atoms with Gasteiger partial charge in [0.15, 0.2) is 0 Å². The Kier molecular flexibility index (Phi) is 9.48. The second-order valence-electron chi connectivity index (χ2n) is 7.28. The number of aliphatic hydroxyl groups is 2. The lowest BCUT2D eigenvalue weighted by Crippen LogP contribution is -2.23. The first-order chi connectivity index (χ1) is 11.4. The molecule has 4 N–H and O–H groups in total. The Morgan fingerprint density at radius 2 is 1.62 bits per heavy atom. The van der Waals surface area contributed by atoms with E-state index < -0.39 is 12.2 Å². The summed E-state index contributed by atoms with van der Waals surface area (Å²) in [6.07, 6.45) is 5.79. The highest BCUT2D eigenvalue weighted by atomic mass is 16.5. The van der Waals surface area contributed by atoms with E-state index in [1.807, 2.05) is 6.92 Å². The highest BCUT2D eigenvalue weighted by Gasteiger charge is 2.40. The van der Waals surface area contributed by atoms with Crippen molar-refractivity contribution in [1.29, 1.82) is 0 Å². The molecular formula is C18H33NO5. The summed E-state index contributed by atoms with van der Waals surface area (Å²) in [5, 5.41) is 28.8. The molecule has 1 aliphatic carbocycles. The maximum Gasteiger partial charge on any atom is 0.243 e. The van der Waals surface area contributed by atoms with Gasteiger partial charge >= 0.3 is 0 Å². The van der Waals surface area contributed by atoms with E-state index in [1.165, 1.54) is 0 Å². The Bertz CT molecular complexity index is 401. The van der Waals surface area contributed by atoms with Crippen molar-refractivity contribution >= 4 is 11.7 Å². The van der Waals surface area contributed by atoms with Crippen molar-refractivity contribution in [1.82, 2.24) is 5.48 Å². The van der Waals surface area contributed by atoms with Crippen LogP contribution in [0.1, 0.15) is 71.6 Å². The molecule has 0 spiro atoms. The van der Waals surface area contributed by atoms with Crippen LogP contribution in [0.4, 0.5) is 0 Å². The Labute approximate surface area is 144 Å². The van der Waals surface area contributed by atoms with Crippen LogP contribution in [0, 0.1) is 17.8 Å². The van der Waals surface area contributed by atoms with Crippen molar-refractivity contribution in [2.75, 3.05) is 0 Å². The molecule has 1 rings (SSSR count). The van der Waals surface area contributed by atoms with Gasteiger partial charge in [-0.15, -0.1) is 0 Å². The average molecular weight is 343 g/mol. The third kappa shape index (κ3) is 6.87. The van der Waals surface area contributed by atoms with Crippen LogP contribution in [0.2, 0.25) is 0 Å². The fraction of sp³-hybridized carbons (Fsp3) is 0.889. The van der Waals surface area contributed by atoms with Crippen LogP contribution in [0.5, 0.6) is 0 Å². The van der Waals surface area contributed by atoms with E-state index in [0.717, 1.165) is 44.9 Å². The molecule has 140 valence electrons. The Balaban J connectivity index is 2.32. The average Bonchev–Trinajstić information content (AvgIpc) is 2.81. The highest BCUT2D eigenvalue weighted by molar-refractivity contribution is 5.77. The number of rotatable bonds is 11. The quantitative estimate of drug-likeness (QED) is 0.261. The molecule has 0 radical (unpaired) electrons. The molecule has 6 nitrogen and oxygen atoms in total.